The zero-order chi connectivity index (χ0) is 28.3. The normalized spacial score (nSPS) is 11.4. The lowest BCUT2D eigenvalue weighted by atomic mass is 10.2. The van der Waals surface area contributed by atoms with Crippen LogP contribution in [0.1, 0.15) is 22.8 Å². The van der Waals surface area contributed by atoms with Crippen molar-refractivity contribution in [3.63, 3.8) is 0 Å². The number of benzene rings is 3. The Morgan fingerprint density at radius 3 is 2.40 bits per heavy atom. The average Bonchev–Trinajstić information content (AvgIpc) is 3.43. The molecule has 40 heavy (non-hydrogen) atoms. The zero-order valence-corrected chi connectivity index (χ0v) is 24.1. The summed E-state index contributed by atoms with van der Waals surface area (Å²) in [6, 6.07) is 22.0. The third kappa shape index (κ3) is 5.38. The molecule has 0 bridgehead atoms. The number of pyridine rings is 1. The summed E-state index contributed by atoms with van der Waals surface area (Å²) in [4.78, 5) is 24.4. The maximum atomic E-state index is 13.9. The quantitative estimate of drug-likeness (QED) is 0.196. The number of hydrogen-bond donors (Lipinski definition) is 0. The van der Waals surface area contributed by atoms with E-state index in [1.165, 1.54) is 44.8 Å². The largest absolute Gasteiger partial charge is 0.494 e. The van der Waals surface area contributed by atoms with Gasteiger partial charge < -0.3 is 4.74 Å². The molecule has 0 saturated carbocycles. The van der Waals surface area contributed by atoms with E-state index in [1.807, 2.05) is 12.1 Å². The second-order valence-electron chi connectivity index (χ2n) is 8.71. The van der Waals surface area contributed by atoms with Crippen LogP contribution in [0.25, 0.3) is 10.2 Å². The van der Waals surface area contributed by atoms with Crippen molar-refractivity contribution in [2.75, 3.05) is 22.9 Å². The number of carbonyl (C=O) groups is 1. The first-order chi connectivity index (χ1) is 19.3. The molecule has 2 heterocycles. The van der Waals surface area contributed by atoms with E-state index in [2.05, 4.69) is 4.98 Å². The van der Waals surface area contributed by atoms with Crippen LogP contribution in [0, 0.1) is 0 Å². The van der Waals surface area contributed by atoms with Crippen LogP contribution in [-0.2, 0) is 16.6 Å². The number of amides is 1. The van der Waals surface area contributed by atoms with Crippen LogP contribution in [-0.4, -0.2) is 37.9 Å². The van der Waals surface area contributed by atoms with E-state index < -0.39 is 10.0 Å². The average molecular weight is 593 g/mol. The number of sulfonamides is 1. The number of rotatable bonds is 9. The number of thiazole rings is 1. The zero-order valence-electron chi connectivity index (χ0n) is 21.7. The molecule has 0 fully saturated rings. The molecule has 0 aliphatic heterocycles. The lowest BCUT2D eigenvalue weighted by Crippen LogP contribution is -2.31. The predicted octanol–water partition coefficient (Wildman–Crippen LogP) is 6.42. The SMILES string of the molecule is CCN(c1ccccc1)S(=O)(=O)c1ccc(C(=O)N(Cc2cccnc2)c2nc3c(OC)ccc(Cl)c3s2)cc1. The molecule has 204 valence electrons. The Labute approximate surface area is 241 Å². The molecule has 11 heteroatoms. The third-order valence-corrected chi connectivity index (χ3v) is 9.68. The smallest absolute Gasteiger partial charge is 0.264 e. The van der Waals surface area contributed by atoms with Gasteiger partial charge in [-0.05, 0) is 67.1 Å². The fourth-order valence-electron chi connectivity index (χ4n) is 4.26. The maximum absolute atomic E-state index is 13.9. The molecule has 3 aromatic carbocycles. The molecular weight excluding hydrogens is 568 g/mol. The lowest BCUT2D eigenvalue weighted by molar-refractivity contribution is 0.0985. The van der Waals surface area contributed by atoms with Gasteiger partial charge in [-0.15, -0.1) is 0 Å². The number of methoxy groups -OCH3 is 1. The van der Waals surface area contributed by atoms with Crippen molar-refractivity contribution in [2.45, 2.75) is 18.4 Å². The predicted molar refractivity (Wildman–Crippen MR) is 159 cm³/mol. The van der Waals surface area contributed by atoms with Gasteiger partial charge in [0.25, 0.3) is 15.9 Å². The van der Waals surface area contributed by atoms with Crippen molar-refractivity contribution in [1.29, 1.82) is 0 Å². The molecular formula is C29H25ClN4O4S2. The van der Waals surface area contributed by atoms with Crippen molar-refractivity contribution in [2.24, 2.45) is 0 Å². The molecule has 5 rings (SSSR count). The van der Waals surface area contributed by atoms with Crippen LogP contribution in [0.5, 0.6) is 5.75 Å². The van der Waals surface area contributed by atoms with E-state index in [0.717, 1.165) is 5.56 Å². The van der Waals surface area contributed by atoms with Gasteiger partial charge in [0.15, 0.2) is 5.13 Å². The number of fused-ring (bicyclic) bond motifs is 1. The van der Waals surface area contributed by atoms with Gasteiger partial charge in [0.1, 0.15) is 11.3 Å². The fourth-order valence-corrected chi connectivity index (χ4v) is 6.99. The molecule has 0 aliphatic carbocycles. The summed E-state index contributed by atoms with van der Waals surface area (Å²) in [7, 11) is -2.29. The first kappa shape index (κ1) is 27.6. The lowest BCUT2D eigenvalue weighted by Gasteiger charge is -2.23. The second-order valence-corrected chi connectivity index (χ2v) is 12.0. The fraction of sp³-hybridized carbons (Fsp3) is 0.138. The first-order valence-corrected chi connectivity index (χ1v) is 15.0. The van der Waals surface area contributed by atoms with E-state index in [1.54, 1.807) is 68.9 Å². The molecule has 0 N–H and O–H groups in total. The minimum absolute atomic E-state index is 0.0880. The number of hydrogen-bond acceptors (Lipinski definition) is 7. The van der Waals surface area contributed by atoms with Crippen molar-refractivity contribution >= 4 is 59.9 Å². The topological polar surface area (TPSA) is 92.7 Å². The molecule has 0 atom stereocenters. The van der Waals surface area contributed by atoms with E-state index >= 15 is 0 Å². The molecule has 1 amide bonds. The van der Waals surface area contributed by atoms with Crippen LogP contribution in [0.15, 0.2) is 96.2 Å². The molecule has 0 radical (unpaired) electrons. The summed E-state index contributed by atoms with van der Waals surface area (Å²) in [5.41, 5.74) is 2.23. The minimum atomic E-state index is -3.84. The highest BCUT2D eigenvalue weighted by molar-refractivity contribution is 7.92. The Balaban J connectivity index is 1.51. The number of carbonyl (C=O) groups excluding carboxylic acids is 1. The molecule has 2 aromatic heterocycles. The summed E-state index contributed by atoms with van der Waals surface area (Å²) >= 11 is 7.72. The number of nitrogens with zero attached hydrogens (tertiary/aromatic N) is 4. The molecule has 0 saturated heterocycles. The summed E-state index contributed by atoms with van der Waals surface area (Å²) in [5, 5.41) is 0.926. The summed E-state index contributed by atoms with van der Waals surface area (Å²) < 4.78 is 34.3. The van der Waals surface area contributed by atoms with Gasteiger partial charge in [0, 0.05) is 24.5 Å². The Bertz CT molecular complexity index is 1750. The van der Waals surface area contributed by atoms with Gasteiger partial charge >= 0.3 is 0 Å². The van der Waals surface area contributed by atoms with Crippen LogP contribution < -0.4 is 13.9 Å². The van der Waals surface area contributed by atoms with Crippen LogP contribution in [0.2, 0.25) is 5.02 Å². The van der Waals surface area contributed by atoms with E-state index in [9.17, 15) is 13.2 Å². The molecule has 0 spiro atoms. The van der Waals surface area contributed by atoms with Gasteiger partial charge in [0.2, 0.25) is 0 Å². The molecule has 0 unspecified atom stereocenters. The van der Waals surface area contributed by atoms with Crippen LogP contribution in [0.4, 0.5) is 10.8 Å². The van der Waals surface area contributed by atoms with E-state index in [0.29, 0.717) is 37.4 Å². The summed E-state index contributed by atoms with van der Waals surface area (Å²) in [5.74, 6) is 0.196. The number of aromatic nitrogens is 2. The Morgan fingerprint density at radius 1 is 1.00 bits per heavy atom. The Hall–Kier alpha value is -3.99. The van der Waals surface area contributed by atoms with Crippen molar-refractivity contribution < 1.29 is 17.9 Å². The monoisotopic (exact) mass is 592 g/mol. The molecule has 8 nitrogen and oxygen atoms in total. The highest BCUT2D eigenvalue weighted by Crippen LogP contribution is 2.39. The van der Waals surface area contributed by atoms with Gasteiger partial charge in [-0.1, -0.05) is 47.2 Å². The highest BCUT2D eigenvalue weighted by Gasteiger charge is 2.26. The van der Waals surface area contributed by atoms with Gasteiger partial charge in [-0.3, -0.25) is 19.0 Å². The van der Waals surface area contributed by atoms with Crippen molar-refractivity contribution in [1.82, 2.24) is 9.97 Å². The second kappa shape index (κ2) is 11.6. The number of halogens is 1. The van der Waals surface area contributed by atoms with Crippen molar-refractivity contribution in [3.8, 4) is 5.75 Å². The Kier molecular flexibility index (Phi) is 8.02. The first-order valence-electron chi connectivity index (χ1n) is 12.3. The van der Waals surface area contributed by atoms with Gasteiger partial charge in [0.05, 0.1) is 34.0 Å². The maximum Gasteiger partial charge on any atom is 0.264 e. The van der Waals surface area contributed by atoms with Crippen LogP contribution in [0.3, 0.4) is 0 Å². The van der Waals surface area contributed by atoms with Crippen LogP contribution >= 0.6 is 22.9 Å². The van der Waals surface area contributed by atoms with E-state index in [-0.39, 0.29) is 23.9 Å². The molecule has 5 aromatic rings. The Morgan fingerprint density at radius 2 is 1.75 bits per heavy atom. The highest BCUT2D eigenvalue weighted by atomic mass is 35.5. The van der Waals surface area contributed by atoms with Gasteiger partial charge in [-0.25, -0.2) is 13.4 Å². The van der Waals surface area contributed by atoms with E-state index in [4.69, 9.17) is 21.3 Å². The number of para-hydroxylation sites is 1. The number of anilines is 2. The summed E-state index contributed by atoms with van der Waals surface area (Å²) in [6.45, 7) is 2.23. The minimum Gasteiger partial charge on any atom is -0.494 e. The number of ether oxygens (including phenoxy) is 1. The standard InChI is InChI=1S/C29H25ClN4O4S2/c1-3-34(22-9-5-4-6-10-22)40(36,37)23-13-11-21(12-14-23)28(35)33(19-20-8-7-17-31-18-20)29-32-26-25(38-2)16-15-24(30)27(26)39-29/h4-18H,3,19H2,1-2H3. The van der Waals surface area contributed by atoms with Gasteiger partial charge in [-0.2, -0.15) is 0 Å². The third-order valence-electron chi connectivity index (χ3n) is 6.23. The molecule has 0 aliphatic rings. The summed E-state index contributed by atoms with van der Waals surface area (Å²) in [6.07, 6.45) is 3.34. The van der Waals surface area contributed by atoms with Crippen molar-refractivity contribution in [3.05, 3.63) is 107 Å².